The summed E-state index contributed by atoms with van der Waals surface area (Å²) in [5.74, 6) is 1.48. The van der Waals surface area contributed by atoms with E-state index in [0.717, 1.165) is 11.5 Å². The Kier molecular flexibility index (Phi) is 4.03. The molecule has 2 saturated carbocycles. The van der Waals surface area contributed by atoms with Gasteiger partial charge in [-0.2, -0.15) is 5.10 Å². The minimum Gasteiger partial charge on any atom is -0.245 e. The minimum atomic E-state index is 0.648. The van der Waals surface area contributed by atoms with Crippen molar-refractivity contribution >= 4 is 12.5 Å². The van der Waals surface area contributed by atoms with Crippen molar-refractivity contribution in [1.82, 2.24) is 9.78 Å². The van der Waals surface area contributed by atoms with Gasteiger partial charge in [-0.25, -0.2) is 9.67 Å². The van der Waals surface area contributed by atoms with Crippen molar-refractivity contribution < 1.29 is 0 Å². The van der Waals surface area contributed by atoms with Crippen molar-refractivity contribution in [3.05, 3.63) is 41.6 Å². The topological polar surface area (TPSA) is 30.2 Å². The maximum Gasteiger partial charge on any atom is 0.155 e. The number of aliphatic imine (C=N–C) groups is 1. The van der Waals surface area contributed by atoms with Crippen LogP contribution in [0.25, 0.3) is 5.69 Å². The van der Waals surface area contributed by atoms with Crippen LogP contribution in [0.1, 0.15) is 68.5 Å². The molecule has 0 radical (unpaired) electrons. The van der Waals surface area contributed by atoms with Gasteiger partial charge in [0.1, 0.15) is 0 Å². The normalized spacial score (nSPS) is 20.5. The van der Waals surface area contributed by atoms with Crippen molar-refractivity contribution in [3.8, 4) is 5.69 Å². The molecular formula is C21H27N3. The van der Waals surface area contributed by atoms with Gasteiger partial charge in [0.25, 0.3) is 0 Å². The molecule has 2 aliphatic rings. The molecule has 2 aromatic rings. The molecule has 0 bridgehead atoms. The van der Waals surface area contributed by atoms with Crippen LogP contribution in [0.3, 0.4) is 0 Å². The lowest BCUT2D eigenvalue weighted by Gasteiger charge is -2.38. The molecule has 126 valence electrons. The van der Waals surface area contributed by atoms with Crippen LogP contribution in [0.15, 0.2) is 35.3 Å². The highest BCUT2D eigenvalue weighted by Gasteiger charge is 2.38. The quantitative estimate of drug-likeness (QED) is 0.664. The van der Waals surface area contributed by atoms with E-state index in [2.05, 4.69) is 41.1 Å². The SMILES string of the molecule is C=Nc1cc(C)nn1-c1ccccc1C1CCC2(CCCC2)CC1. The van der Waals surface area contributed by atoms with E-state index >= 15 is 0 Å². The van der Waals surface area contributed by atoms with E-state index in [1.165, 1.54) is 62.6 Å². The van der Waals surface area contributed by atoms with E-state index in [1.807, 2.05) is 17.7 Å². The van der Waals surface area contributed by atoms with Crippen LogP contribution in [-0.4, -0.2) is 16.5 Å². The van der Waals surface area contributed by atoms with Gasteiger partial charge in [0, 0.05) is 6.07 Å². The zero-order valence-corrected chi connectivity index (χ0v) is 14.7. The van der Waals surface area contributed by atoms with Gasteiger partial charge in [-0.3, -0.25) is 0 Å². The Morgan fingerprint density at radius 1 is 1.12 bits per heavy atom. The van der Waals surface area contributed by atoms with Crippen molar-refractivity contribution in [2.24, 2.45) is 10.4 Å². The molecule has 3 nitrogen and oxygen atoms in total. The van der Waals surface area contributed by atoms with E-state index in [9.17, 15) is 0 Å². The van der Waals surface area contributed by atoms with Crippen LogP contribution in [-0.2, 0) is 0 Å². The smallest absolute Gasteiger partial charge is 0.155 e. The fourth-order valence-electron chi connectivity index (χ4n) is 4.97. The molecule has 0 amide bonds. The highest BCUT2D eigenvalue weighted by atomic mass is 15.3. The summed E-state index contributed by atoms with van der Waals surface area (Å²) in [7, 11) is 0. The van der Waals surface area contributed by atoms with E-state index in [-0.39, 0.29) is 0 Å². The van der Waals surface area contributed by atoms with Crippen molar-refractivity contribution in [2.75, 3.05) is 0 Å². The second-order valence-electron chi connectivity index (χ2n) is 7.75. The average molecular weight is 321 g/mol. The number of nitrogens with zero attached hydrogens (tertiary/aromatic N) is 3. The number of para-hydroxylation sites is 1. The number of aryl methyl sites for hydroxylation is 1. The molecule has 1 spiro atoms. The molecule has 3 heteroatoms. The molecule has 1 aromatic carbocycles. The summed E-state index contributed by atoms with van der Waals surface area (Å²) in [6.07, 6.45) is 11.2. The highest BCUT2D eigenvalue weighted by Crippen LogP contribution is 2.52. The third-order valence-electron chi connectivity index (χ3n) is 6.29. The zero-order chi connectivity index (χ0) is 16.6. The number of rotatable bonds is 3. The second kappa shape index (κ2) is 6.19. The second-order valence-corrected chi connectivity index (χ2v) is 7.75. The predicted octanol–water partition coefficient (Wildman–Crippen LogP) is 5.73. The third-order valence-corrected chi connectivity index (χ3v) is 6.29. The van der Waals surface area contributed by atoms with E-state index in [1.54, 1.807) is 0 Å². The molecule has 0 atom stereocenters. The van der Waals surface area contributed by atoms with Gasteiger partial charge >= 0.3 is 0 Å². The fraction of sp³-hybridized carbons (Fsp3) is 0.524. The zero-order valence-electron chi connectivity index (χ0n) is 14.7. The number of hydrogen-bond donors (Lipinski definition) is 0. The lowest BCUT2D eigenvalue weighted by molar-refractivity contribution is 0.181. The molecule has 1 aromatic heterocycles. The Morgan fingerprint density at radius 2 is 1.83 bits per heavy atom. The van der Waals surface area contributed by atoms with Gasteiger partial charge in [-0.15, -0.1) is 0 Å². The molecule has 2 fully saturated rings. The summed E-state index contributed by atoms with van der Waals surface area (Å²) in [6.45, 7) is 5.72. The summed E-state index contributed by atoms with van der Waals surface area (Å²) < 4.78 is 1.97. The van der Waals surface area contributed by atoms with Gasteiger partial charge in [0.05, 0.1) is 11.4 Å². The summed E-state index contributed by atoms with van der Waals surface area (Å²) in [5, 5.41) is 4.66. The lowest BCUT2D eigenvalue weighted by atomic mass is 9.68. The van der Waals surface area contributed by atoms with Crippen LogP contribution in [0.4, 0.5) is 5.82 Å². The summed E-state index contributed by atoms with van der Waals surface area (Å²) >= 11 is 0. The number of benzene rings is 1. The van der Waals surface area contributed by atoms with E-state index < -0.39 is 0 Å². The molecule has 2 aliphatic carbocycles. The maximum atomic E-state index is 4.66. The summed E-state index contributed by atoms with van der Waals surface area (Å²) in [5.41, 5.74) is 4.28. The Bertz CT molecular complexity index is 727. The standard InChI is InChI=1S/C21H27N3/c1-16-15-20(22-2)24(23-16)19-8-4-3-7-18(19)17-9-13-21(14-10-17)11-5-6-12-21/h3-4,7-8,15,17H,2,5-6,9-14H2,1H3. The van der Waals surface area contributed by atoms with Crippen molar-refractivity contribution in [2.45, 2.75) is 64.2 Å². The molecule has 0 N–H and O–H groups in total. The van der Waals surface area contributed by atoms with Gasteiger partial charge in [0.2, 0.25) is 0 Å². The first kappa shape index (κ1) is 15.6. The maximum absolute atomic E-state index is 4.66. The molecule has 0 aliphatic heterocycles. The molecular weight excluding hydrogens is 294 g/mol. The first-order valence-corrected chi connectivity index (χ1v) is 9.33. The first-order chi connectivity index (χ1) is 11.7. The number of hydrogen-bond acceptors (Lipinski definition) is 2. The monoisotopic (exact) mass is 321 g/mol. The van der Waals surface area contributed by atoms with Gasteiger partial charge in [0.15, 0.2) is 5.82 Å². The van der Waals surface area contributed by atoms with Crippen LogP contribution in [0.5, 0.6) is 0 Å². The Hall–Kier alpha value is -1.90. The van der Waals surface area contributed by atoms with Crippen LogP contribution < -0.4 is 0 Å². The Morgan fingerprint density at radius 3 is 2.54 bits per heavy atom. The third kappa shape index (κ3) is 2.70. The first-order valence-electron chi connectivity index (χ1n) is 9.33. The Balaban J connectivity index is 1.64. The van der Waals surface area contributed by atoms with Gasteiger partial charge in [-0.05, 0) is 75.1 Å². The van der Waals surface area contributed by atoms with Gasteiger partial charge < -0.3 is 0 Å². The van der Waals surface area contributed by atoms with Crippen LogP contribution >= 0.6 is 0 Å². The van der Waals surface area contributed by atoms with Crippen LogP contribution in [0.2, 0.25) is 0 Å². The fourth-order valence-corrected chi connectivity index (χ4v) is 4.97. The van der Waals surface area contributed by atoms with E-state index in [4.69, 9.17) is 0 Å². The predicted molar refractivity (Wildman–Crippen MR) is 99.6 cm³/mol. The summed E-state index contributed by atoms with van der Waals surface area (Å²) in [4.78, 5) is 4.16. The molecule has 1 heterocycles. The molecule has 24 heavy (non-hydrogen) atoms. The van der Waals surface area contributed by atoms with Crippen molar-refractivity contribution in [1.29, 1.82) is 0 Å². The summed E-state index contributed by atoms with van der Waals surface area (Å²) in [6, 6.07) is 10.7. The van der Waals surface area contributed by atoms with Crippen molar-refractivity contribution in [3.63, 3.8) is 0 Å². The van der Waals surface area contributed by atoms with E-state index in [0.29, 0.717) is 11.3 Å². The number of aromatic nitrogens is 2. The highest BCUT2D eigenvalue weighted by molar-refractivity contribution is 5.51. The molecule has 0 unspecified atom stereocenters. The van der Waals surface area contributed by atoms with Gasteiger partial charge in [-0.1, -0.05) is 31.0 Å². The molecule has 0 saturated heterocycles. The molecule has 4 rings (SSSR count). The van der Waals surface area contributed by atoms with Crippen LogP contribution in [0, 0.1) is 12.3 Å². The largest absolute Gasteiger partial charge is 0.245 e. The average Bonchev–Trinajstić information content (AvgIpc) is 3.22. The lowest BCUT2D eigenvalue weighted by Crippen LogP contribution is -2.24. The Labute approximate surface area is 144 Å². The minimum absolute atomic E-state index is 0.648.